The molecule has 0 saturated carbocycles. The van der Waals surface area contributed by atoms with Gasteiger partial charge in [-0.05, 0) is 23.5 Å². The van der Waals surface area contributed by atoms with Crippen molar-refractivity contribution in [1.82, 2.24) is 10.6 Å². The Hall–Kier alpha value is -2.04. The number of urea groups is 1. The van der Waals surface area contributed by atoms with Gasteiger partial charge in [-0.2, -0.15) is 0 Å². The number of hydrogen-bond acceptors (Lipinski definition) is 2. The normalized spacial score (nSPS) is 12.0. The molecular weight excluding hydrogens is 256 g/mol. The molecule has 0 radical (unpaired) electrons. The minimum atomic E-state index is -1.03. The summed E-state index contributed by atoms with van der Waals surface area (Å²) < 4.78 is 0. The van der Waals surface area contributed by atoms with Crippen molar-refractivity contribution >= 4 is 12.0 Å². The molecule has 0 aliphatic rings. The van der Waals surface area contributed by atoms with Crippen LogP contribution < -0.4 is 10.6 Å². The Morgan fingerprint density at radius 2 is 1.70 bits per heavy atom. The van der Waals surface area contributed by atoms with Crippen molar-refractivity contribution in [3.05, 3.63) is 35.4 Å². The van der Waals surface area contributed by atoms with Crippen molar-refractivity contribution in [3.63, 3.8) is 0 Å². The molecule has 1 aromatic carbocycles. The topological polar surface area (TPSA) is 78.4 Å². The highest BCUT2D eigenvalue weighted by atomic mass is 16.4. The van der Waals surface area contributed by atoms with E-state index in [1.165, 1.54) is 5.56 Å². The van der Waals surface area contributed by atoms with Gasteiger partial charge >= 0.3 is 12.0 Å². The monoisotopic (exact) mass is 278 g/mol. The van der Waals surface area contributed by atoms with Gasteiger partial charge in [0.25, 0.3) is 0 Å². The molecule has 0 bridgehead atoms. The SMILES string of the molecule is CCc1ccc(CNC(=O)N[C@H](C(=O)O)C(C)C)cc1. The Labute approximate surface area is 119 Å². The number of rotatable bonds is 6. The number of hydrogen-bond donors (Lipinski definition) is 3. The fraction of sp³-hybridized carbons (Fsp3) is 0.467. The molecule has 1 aromatic rings. The maximum Gasteiger partial charge on any atom is 0.326 e. The van der Waals surface area contributed by atoms with Crippen LogP contribution in [-0.2, 0) is 17.8 Å². The van der Waals surface area contributed by atoms with Crippen LogP contribution in [0.25, 0.3) is 0 Å². The molecule has 0 aromatic heterocycles. The van der Waals surface area contributed by atoms with Crippen molar-refractivity contribution in [2.45, 2.75) is 39.8 Å². The van der Waals surface area contributed by atoms with Crippen LogP contribution in [0.3, 0.4) is 0 Å². The number of nitrogens with one attached hydrogen (secondary N) is 2. The van der Waals surface area contributed by atoms with Crippen LogP contribution in [0.15, 0.2) is 24.3 Å². The van der Waals surface area contributed by atoms with Gasteiger partial charge in [0.1, 0.15) is 6.04 Å². The molecule has 0 heterocycles. The summed E-state index contributed by atoms with van der Waals surface area (Å²) in [6.45, 7) is 5.96. The molecular formula is C15H22N2O3. The Balaban J connectivity index is 2.47. The zero-order chi connectivity index (χ0) is 15.1. The number of carbonyl (C=O) groups is 2. The van der Waals surface area contributed by atoms with E-state index in [1.54, 1.807) is 13.8 Å². The molecule has 0 spiro atoms. The van der Waals surface area contributed by atoms with Gasteiger partial charge in [0.15, 0.2) is 0 Å². The molecule has 1 rings (SSSR count). The Morgan fingerprint density at radius 1 is 1.15 bits per heavy atom. The highest BCUT2D eigenvalue weighted by molar-refractivity contribution is 5.82. The molecule has 5 heteroatoms. The summed E-state index contributed by atoms with van der Waals surface area (Å²) in [5.41, 5.74) is 2.22. The number of benzene rings is 1. The van der Waals surface area contributed by atoms with Crippen LogP contribution >= 0.6 is 0 Å². The fourth-order valence-electron chi connectivity index (χ4n) is 1.78. The third-order valence-corrected chi connectivity index (χ3v) is 3.10. The second-order valence-corrected chi connectivity index (χ2v) is 5.06. The van der Waals surface area contributed by atoms with E-state index in [2.05, 4.69) is 17.6 Å². The van der Waals surface area contributed by atoms with Gasteiger partial charge < -0.3 is 15.7 Å². The summed E-state index contributed by atoms with van der Waals surface area (Å²) in [7, 11) is 0. The van der Waals surface area contributed by atoms with Gasteiger partial charge in [-0.1, -0.05) is 45.0 Å². The standard InChI is InChI=1S/C15H22N2O3/c1-4-11-5-7-12(8-6-11)9-16-15(20)17-13(10(2)3)14(18)19/h5-8,10,13H,4,9H2,1-3H3,(H,18,19)(H2,16,17,20)/t13-/m0/s1. The van der Waals surface area contributed by atoms with E-state index in [0.29, 0.717) is 6.54 Å². The second-order valence-electron chi connectivity index (χ2n) is 5.06. The maximum atomic E-state index is 11.7. The first-order valence-electron chi connectivity index (χ1n) is 6.79. The van der Waals surface area contributed by atoms with Crippen LogP contribution in [0.2, 0.25) is 0 Å². The number of carbonyl (C=O) groups excluding carboxylic acids is 1. The number of carboxylic acids is 1. The molecule has 0 fully saturated rings. The van der Waals surface area contributed by atoms with Gasteiger partial charge in [0, 0.05) is 6.54 Å². The Morgan fingerprint density at radius 3 is 2.15 bits per heavy atom. The highest BCUT2D eigenvalue weighted by Gasteiger charge is 2.23. The second kappa shape index (κ2) is 7.53. The third-order valence-electron chi connectivity index (χ3n) is 3.10. The van der Waals surface area contributed by atoms with Crippen molar-refractivity contribution in [3.8, 4) is 0 Å². The van der Waals surface area contributed by atoms with Crippen LogP contribution in [-0.4, -0.2) is 23.1 Å². The van der Waals surface area contributed by atoms with Gasteiger partial charge in [-0.15, -0.1) is 0 Å². The molecule has 20 heavy (non-hydrogen) atoms. The van der Waals surface area contributed by atoms with E-state index in [9.17, 15) is 9.59 Å². The number of aliphatic carboxylic acids is 1. The molecule has 2 amide bonds. The van der Waals surface area contributed by atoms with Gasteiger partial charge in [0.2, 0.25) is 0 Å². The lowest BCUT2D eigenvalue weighted by Crippen LogP contribution is -2.48. The van der Waals surface area contributed by atoms with Crippen molar-refractivity contribution in [2.24, 2.45) is 5.92 Å². The number of aryl methyl sites for hydroxylation is 1. The smallest absolute Gasteiger partial charge is 0.326 e. The lowest BCUT2D eigenvalue weighted by molar-refractivity contribution is -0.140. The van der Waals surface area contributed by atoms with Crippen LogP contribution in [0.5, 0.6) is 0 Å². The molecule has 3 N–H and O–H groups in total. The Kier molecular flexibility index (Phi) is 6.03. The molecule has 1 atom stereocenters. The van der Waals surface area contributed by atoms with Gasteiger partial charge in [-0.3, -0.25) is 0 Å². The summed E-state index contributed by atoms with van der Waals surface area (Å²) in [6.07, 6.45) is 0.975. The summed E-state index contributed by atoms with van der Waals surface area (Å²) in [4.78, 5) is 22.7. The van der Waals surface area contributed by atoms with E-state index >= 15 is 0 Å². The summed E-state index contributed by atoms with van der Waals surface area (Å²) in [5.74, 6) is -1.19. The van der Waals surface area contributed by atoms with Crippen molar-refractivity contribution in [2.75, 3.05) is 0 Å². The van der Waals surface area contributed by atoms with E-state index in [1.807, 2.05) is 24.3 Å². The summed E-state index contributed by atoms with van der Waals surface area (Å²) >= 11 is 0. The quantitative estimate of drug-likeness (QED) is 0.746. The minimum Gasteiger partial charge on any atom is -0.480 e. The predicted molar refractivity (Wildman–Crippen MR) is 77.5 cm³/mol. The Bertz CT molecular complexity index is 455. The summed E-state index contributed by atoms with van der Waals surface area (Å²) in [5, 5.41) is 14.1. The zero-order valence-electron chi connectivity index (χ0n) is 12.1. The van der Waals surface area contributed by atoms with E-state index in [-0.39, 0.29) is 5.92 Å². The van der Waals surface area contributed by atoms with Gasteiger partial charge in [0.05, 0.1) is 0 Å². The van der Waals surface area contributed by atoms with Crippen LogP contribution in [0.4, 0.5) is 4.79 Å². The largest absolute Gasteiger partial charge is 0.480 e. The molecule has 5 nitrogen and oxygen atoms in total. The van der Waals surface area contributed by atoms with Crippen molar-refractivity contribution < 1.29 is 14.7 Å². The lowest BCUT2D eigenvalue weighted by atomic mass is 10.1. The van der Waals surface area contributed by atoms with E-state index in [4.69, 9.17) is 5.11 Å². The average molecular weight is 278 g/mol. The minimum absolute atomic E-state index is 0.165. The average Bonchev–Trinajstić information content (AvgIpc) is 2.42. The molecule has 110 valence electrons. The first kappa shape index (κ1) is 16.0. The van der Waals surface area contributed by atoms with Crippen LogP contribution in [0, 0.1) is 5.92 Å². The fourth-order valence-corrected chi connectivity index (χ4v) is 1.78. The predicted octanol–water partition coefficient (Wildman–Crippen LogP) is 2.16. The molecule has 0 unspecified atom stereocenters. The first-order valence-corrected chi connectivity index (χ1v) is 6.79. The van der Waals surface area contributed by atoms with E-state index < -0.39 is 18.0 Å². The zero-order valence-corrected chi connectivity index (χ0v) is 12.1. The first-order chi connectivity index (χ1) is 9.43. The van der Waals surface area contributed by atoms with Gasteiger partial charge in [-0.25, -0.2) is 9.59 Å². The number of carboxylic acid groups (broad SMARTS) is 1. The lowest BCUT2D eigenvalue weighted by Gasteiger charge is -2.18. The highest BCUT2D eigenvalue weighted by Crippen LogP contribution is 2.05. The summed E-state index contributed by atoms with van der Waals surface area (Å²) in [6, 6.07) is 6.60. The molecule has 0 aliphatic carbocycles. The maximum absolute atomic E-state index is 11.7. The number of amides is 2. The molecule has 0 aliphatic heterocycles. The third kappa shape index (κ3) is 4.91. The van der Waals surface area contributed by atoms with Crippen molar-refractivity contribution in [1.29, 1.82) is 0 Å². The van der Waals surface area contributed by atoms with E-state index in [0.717, 1.165) is 12.0 Å². The molecule has 0 saturated heterocycles. The van der Waals surface area contributed by atoms with Crippen LogP contribution in [0.1, 0.15) is 31.9 Å².